The van der Waals surface area contributed by atoms with Crippen LogP contribution >= 0.6 is 11.6 Å². The Hall–Kier alpha value is -0.810. The van der Waals surface area contributed by atoms with Crippen LogP contribution in [-0.4, -0.2) is 29.9 Å². The number of hydrogen-bond donors (Lipinski definition) is 0. The maximum atomic E-state index is 12.4. The lowest BCUT2D eigenvalue weighted by Crippen LogP contribution is -2.36. The molecule has 0 radical (unpaired) electrons. The molecule has 0 heterocycles. The summed E-state index contributed by atoms with van der Waals surface area (Å²) in [6, 6.07) is 0. The lowest BCUT2D eigenvalue weighted by Gasteiger charge is -2.31. The van der Waals surface area contributed by atoms with E-state index in [1.54, 1.807) is 0 Å². The van der Waals surface area contributed by atoms with Crippen LogP contribution in [0.15, 0.2) is 0 Å². The lowest BCUT2D eigenvalue weighted by atomic mass is 9.85. The van der Waals surface area contributed by atoms with Crippen LogP contribution in [0.1, 0.15) is 82.1 Å². The molecule has 0 rings (SSSR count). The van der Waals surface area contributed by atoms with Gasteiger partial charge in [0.15, 0.2) is 5.56 Å². The van der Waals surface area contributed by atoms with Gasteiger partial charge in [0.1, 0.15) is 0 Å². The molecule has 6 heteroatoms. The number of ether oxygens (including phenoxy) is 3. The van der Waals surface area contributed by atoms with E-state index in [0.717, 1.165) is 0 Å². The molecule has 3 unspecified atom stereocenters. The molecule has 0 N–H and O–H groups in total. The van der Waals surface area contributed by atoms with Gasteiger partial charge in [-0.1, -0.05) is 32.4 Å². The van der Waals surface area contributed by atoms with Gasteiger partial charge in [-0.05, 0) is 61.3 Å². The zero-order valence-electron chi connectivity index (χ0n) is 18.7. The first kappa shape index (κ1) is 26.2. The Morgan fingerprint density at radius 3 is 1.81 bits per heavy atom. The molecule has 0 aromatic heterocycles. The van der Waals surface area contributed by atoms with Crippen LogP contribution in [-0.2, 0) is 23.8 Å². The summed E-state index contributed by atoms with van der Waals surface area (Å²) in [7, 11) is 0. The van der Waals surface area contributed by atoms with Gasteiger partial charge in [-0.2, -0.15) is 0 Å². The molecule has 5 nitrogen and oxygen atoms in total. The molecule has 0 fully saturated rings. The average molecular weight is 407 g/mol. The number of hydrogen-bond acceptors (Lipinski definition) is 5. The van der Waals surface area contributed by atoms with E-state index in [1.807, 2.05) is 69.2 Å². The lowest BCUT2D eigenvalue weighted by molar-refractivity contribution is -0.208. The Morgan fingerprint density at radius 1 is 0.889 bits per heavy atom. The third kappa shape index (κ3) is 9.79. The van der Waals surface area contributed by atoms with Gasteiger partial charge in [-0.3, -0.25) is 9.59 Å². The zero-order chi connectivity index (χ0) is 21.6. The van der Waals surface area contributed by atoms with Gasteiger partial charge in [0, 0.05) is 11.8 Å². The van der Waals surface area contributed by atoms with Crippen molar-refractivity contribution in [3.63, 3.8) is 0 Å². The molecule has 0 aliphatic heterocycles. The largest absolute Gasteiger partial charge is 0.445 e. The van der Waals surface area contributed by atoms with Gasteiger partial charge >= 0.3 is 11.9 Å². The van der Waals surface area contributed by atoms with E-state index in [9.17, 15) is 9.59 Å². The Morgan fingerprint density at radius 2 is 1.41 bits per heavy atom. The van der Waals surface area contributed by atoms with Crippen molar-refractivity contribution in [2.24, 2.45) is 22.7 Å². The third-order valence-electron chi connectivity index (χ3n) is 4.23. The maximum absolute atomic E-state index is 12.4. The second kappa shape index (κ2) is 10.7. The van der Waals surface area contributed by atoms with Crippen LogP contribution in [0.3, 0.4) is 0 Å². The predicted octanol–water partition coefficient (Wildman–Crippen LogP) is 5.53. The van der Waals surface area contributed by atoms with Crippen LogP contribution in [0, 0.1) is 22.7 Å². The highest BCUT2D eigenvalue weighted by Crippen LogP contribution is 2.31. The second-order valence-corrected chi connectivity index (χ2v) is 10.0. The first-order chi connectivity index (χ1) is 12.1. The fraction of sp³-hybridized carbons (Fsp3) is 0.905. The van der Waals surface area contributed by atoms with Gasteiger partial charge in [-0.15, -0.1) is 0 Å². The minimum Gasteiger partial charge on any atom is -0.445 e. The summed E-state index contributed by atoms with van der Waals surface area (Å²) in [6.07, 6.45) is 0.483. The number of halogens is 1. The zero-order valence-corrected chi connectivity index (χ0v) is 19.5. The summed E-state index contributed by atoms with van der Waals surface area (Å²) in [6.45, 7) is 18.7. The molecule has 3 atom stereocenters. The molecular weight excluding hydrogens is 368 g/mol. The average Bonchev–Trinajstić information content (AvgIpc) is 2.50. The molecular formula is C21H39ClO5. The van der Waals surface area contributed by atoms with E-state index in [0.29, 0.717) is 12.8 Å². The number of carbonyl (C=O) groups is 2. The van der Waals surface area contributed by atoms with Crippen molar-refractivity contribution in [3.8, 4) is 0 Å². The van der Waals surface area contributed by atoms with E-state index in [4.69, 9.17) is 25.8 Å². The molecule has 0 aliphatic carbocycles. The van der Waals surface area contributed by atoms with Crippen LogP contribution < -0.4 is 0 Å². The molecule has 0 amide bonds. The smallest absolute Gasteiger partial charge is 0.313 e. The summed E-state index contributed by atoms with van der Waals surface area (Å²) >= 11 is 6.07. The normalized spacial score (nSPS) is 16.2. The molecule has 160 valence electrons. The van der Waals surface area contributed by atoms with Crippen molar-refractivity contribution >= 4 is 23.5 Å². The van der Waals surface area contributed by atoms with Crippen LogP contribution in [0.4, 0.5) is 0 Å². The number of esters is 2. The molecule has 0 saturated heterocycles. The monoisotopic (exact) mass is 406 g/mol. The summed E-state index contributed by atoms with van der Waals surface area (Å²) in [5, 5.41) is 0. The van der Waals surface area contributed by atoms with Crippen LogP contribution in [0.2, 0.25) is 0 Å². The molecule has 0 saturated carbocycles. The fourth-order valence-electron chi connectivity index (χ4n) is 2.05. The van der Waals surface area contributed by atoms with Gasteiger partial charge in [0.25, 0.3) is 0 Å². The summed E-state index contributed by atoms with van der Waals surface area (Å²) in [5.74, 6) is -0.648. The van der Waals surface area contributed by atoms with Crippen molar-refractivity contribution in [2.75, 3.05) is 0 Å². The maximum Gasteiger partial charge on any atom is 0.313 e. The Kier molecular flexibility index (Phi) is 10.3. The highest BCUT2D eigenvalue weighted by atomic mass is 35.5. The van der Waals surface area contributed by atoms with Crippen molar-refractivity contribution < 1.29 is 23.8 Å². The summed E-state index contributed by atoms with van der Waals surface area (Å²) in [4.78, 5) is 24.7. The van der Waals surface area contributed by atoms with E-state index in [-0.39, 0.29) is 29.9 Å². The standard InChI is InChI=1S/C21H39ClO5/c1-13(2)16(22)26-19(24)21(9,10)12-11-15(5)17(25-14(3)4)27-18(23)20(6,7)8/h13-17H,11-12H2,1-10H3. The first-order valence-corrected chi connectivity index (χ1v) is 10.2. The number of rotatable bonds is 10. The van der Waals surface area contributed by atoms with E-state index < -0.39 is 22.7 Å². The number of carbonyl (C=O) groups excluding carboxylic acids is 2. The Balaban J connectivity index is 4.93. The fourth-order valence-corrected chi connectivity index (χ4v) is 2.13. The molecule has 27 heavy (non-hydrogen) atoms. The molecule has 0 aromatic carbocycles. The minimum absolute atomic E-state index is 0.0472. The first-order valence-electron chi connectivity index (χ1n) is 9.79. The molecule has 0 bridgehead atoms. The molecule has 0 spiro atoms. The second-order valence-electron chi connectivity index (χ2n) is 9.61. The van der Waals surface area contributed by atoms with Crippen molar-refractivity contribution in [3.05, 3.63) is 0 Å². The van der Waals surface area contributed by atoms with Gasteiger partial charge in [0.2, 0.25) is 6.29 Å². The topological polar surface area (TPSA) is 61.8 Å². The molecule has 0 aromatic rings. The van der Waals surface area contributed by atoms with E-state index in [2.05, 4.69) is 0 Å². The summed E-state index contributed by atoms with van der Waals surface area (Å²) < 4.78 is 16.8. The van der Waals surface area contributed by atoms with Crippen molar-refractivity contribution in [2.45, 2.75) is 100 Å². The van der Waals surface area contributed by atoms with E-state index in [1.165, 1.54) is 0 Å². The van der Waals surface area contributed by atoms with Crippen molar-refractivity contribution in [1.29, 1.82) is 0 Å². The third-order valence-corrected chi connectivity index (χ3v) is 4.82. The molecule has 0 aliphatic rings. The highest BCUT2D eigenvalue weighted by molar-refractivity contribution is 6.20. The quantitative estimate of drug-likeness (QED) is 0.271. The van der Waals surface area contributed by atoms with Gasteiger partial charge in [0.05, 0.1) is 16.9 Å². The SMILES string of the molecule is CC(C)OC(OC(=O)C(C)(C)C)C(C)CCC(C)(C)C(=O)OC(Cl)C(C)C. The van der Waals surface area contributed by atoms with Crippen LogP contribution in [0.25, 0.3) is 0 Å². The van der Waals surface area contributed by atoms with Crippen molar-refractivity contribution in [1.82, 2.24) is 0 Å². The van der Waals surface area contributed by atoms with Gasteiger partial charge in [-0.25, -0.2) is 0 Å². The van der Waals surface area contributed by atoms with E-state index >= 15 is 0 Å². The van der Waals surface area contributed by atoms with Gasteiger partial charge < -0.3 is 14.2 Å². The minimum atomic E-state index is -0.688. The Bertz CT molecular complexity index is 479. The number of alkyl halides is 1. The van der Waals surface area contributed by atoms with Crippen LogP contribution in [0.5, 0.6) is 0 Å². The highest BCUT2D eigenvalue weighted by Gasteiger charge is 2.35. The predicted molar refractivity (Wildman–Crippen MR) is 108 cm³/mol. The summed E-state index contributed by atoms with van der Waals surface area (Å²) in [5.41, 5.74) is -1.93. The Labute approximate surface area is 170 Å².